The Morgan fingerprint density at radius 2 is 0.939 bits per heavy atom. The molecule has 82 heavy (non-hydrogen) atoms. The molecule has 0 N–H and O–H groups in total. The molecule has 4 aromatic carbocycles. The molecular weight excluding hydrogens is 1170 g/mol. The average Bonchev–Trinajstić information content (AvgIpc) is 3.62. The molecule has 6 fully saturated rings. The van der Waals surface area contributed by atoms with E-state index >= 15 is 0 Å². The minimum atomic E-state index is -4.37. The Morgan fingerprint density at radius 1 is 0.537 bits per heavy atom. The Balaban J connectivity index is 0.000000177. The molecule has 0 bridgehead atoms. The van der Waals surface area contributed by atoms with Gasteiger partial charge < -0.3 is 24.0 Å². The summed E-state index contributed by atoms with van der Waals surface area (Å²) < 4.78 is 96.3. The first-order valence-corrected chi connectivity index (χ1v) is 31.9. The van der Waals surface area contributed by atoms with Crippen LogP contribution in [0.3, 0.4) is 0 Å². The normalized spacial score (nSPS) is 22.4. The van der Waals surface area contributed by atoms with Gasteiger partial charge in [-0.2, -0.15) is 26.3 Å². The summed E-state index contributed by atoms with van der Waals surface area (Å²) in [4.78, 5) is 21.8. The molecule has 0 aromatic heterocycles. The molecule has 452 valence electrons. The van der Waals surface area contributed by atoms with Crippen molar-refractivity contribution in [3.63, 3.8) is 0 Å². The first-order chi connectivity index (χ1) is 39.1. The summed E-state index contributed by atoms with van der Waals surface area (Å²) in [6.07, 6.45) is 9.47. The van der Waals surface area contributed by atoms with Crippen molar-refractivity contribution in [2.75, 3.05) is 77.3 Å². The number of nitrogens with zero attached hydrogens (tertiary/aromatic N) is 4. The first-order valence-electron chi connectivity index (χ1n) is 30.0. The molecule has 4 aromatic rings. The van der Waals surface area contributed by atoms with Gasteiger partial charge in [0, 0.05) is 77.3 Å². The van der Waals surface area contributed by atoms with Crippen LogP contribution in [-0.4, -0.2) is 121 Å². The van der Waals surface area contributed by atoms with Crippen molar-refractivity contribution in [1.29, 1.82) is 0 Å². The van der Waals surface area contributed by atoms with E-state index in [1.54, 1.807) is 4.90 Å². The number of alkyl halides is 7. The van der Waals surface area contributed by atoms with E-state index in [9.17, 15) is 31.1 Å². The molecule has 4 aliphatic heterocycles. The Hall–Kier alpha value is -3.73. The van der Waals surface area contributed by atoms with Crippen molar-refractivity contribution < 1.29 is 45.3 Å². The van der Waals surface area contributed by atoms with E-state index in [1.807, 2.05) is 45.0 Å². The van der Waals surface area contributed by atoms with Crippen molar-refractivity contribution in [2.45, 2.75) is 164 Å². The van der Waals surface area contributed by atoms with Gasteiger partial charge in [-0.05, 0) is 214 Å². The molecule has 10 rings (SSSR count). The molecule has 6 aliphatic rings. The highest BCUT2D eigenvalue weighted by Crippen LogP contribution is 2.47. The smallest absolute Gasteiger partial charge is 0.416 e. The van der Waals surface area contributed by atoms with Crippen LogP contribution in [0.15, 0.2) is 97.1 Å². The fraction of sp³-hybridized carbons (Fsp3) is 0.615. The van der Waals surface area contributed by atoms with Crippen LogP contribution in [0.5, 0.6) is 11.5 Å². The van der Waals surface area contributed by atoms with E-state index in [-0.39, 0.29) is 29.6 Å². The quantitative estimate of drug-likeness (QED) is 0.0868. The largest absolute Gasteiger partial charge is 0.489 e. The predicted molar refractivity (Wildman–Crippen MR) is 320 cm³/mol. The second kappa shape index (κ2) is 29.1. The van der Waals surface area contributed by atoms with Crippen molar-refractivity contribution in [3.8, 4) is 11.5 Å². The van der Waals surface area contributed by atoms with Gasteiger partial charge >= 0.3 is 18.4 Å². The van der Waals surface area contributed by atoms with Gasteiger partial charge in [0.15, 0.2) is 0 Å². The van der Waals surface area contributed by atoms with Crippen molar-refractivity contribution in [1.82, 2.24) is 19.6 Å². The lowest BCUT2D eigenvalue weighted by molar-refractivity contribution is -0.138. The number of carbonyl (C=O) groups is 1. The SMILES string of the molecule is CC(C)(C)OC(=O)N1CCCC(C(CN2CCCCC2)Oc2ccc(C(F)(F)F)cc2)C1.Clc1ccc(C2(CBr)CCC2)cc1.FC(F)(F)c1ccc(OC(CN2CCCCC2)C2CCCN(CC3(c4ccc(Cl)cc4)CCC3)C2)cc1. The molecule has 4 unspecified atom stereocenters. The Kier molecular flexibility index (Phi) is 22.8. The zero-order valence-corrected chi connectivity index (χ0v) is 51.3. The molecule has 4 atom stereocenters. The number of hydrogen-bond acceptors (Lipinski definition) is 7. The number of likely N-dealkylation sites (tertiary alicyclic amines) is 4. The van der Waals surface area contributed by atoms with Gasteiger partial charge in [0.05, 0.1) is 11.1 Å². The number of benzene rings is 4. The van der Waals surface area contributed by atoms with Crippen molar-refractivity contribution in [2.24, 2.45) is 11.8 Å². The molecule has 0 spiro atoms. The van der Waals surface area contributed by atoms with E-state index in [4.69, 9.17) is 37.4 Å². The maximum atomic E-state index is 13.1. The predicted octanol–water partition coefficient (Wildman–Crippen LogP) is 17.2. The molecular formula is C65H85BrCl2F6N4O4. The minimum absolute atomic E-state index is 0.0366. The number of ether oxygens (including phenoxy) is 3. The van der Waals surface area contributed by atoms with Crippen LogP contribution in [0.2, 0.25) is 10.0 Å². The maximum Gasteiger partial charge on any atom is 0.416 e. The lowest BCUT2D eigenvalue weighted by Gasteiger charge is -2.48. The monoisotopic (exact) mass is 1250 g/mol. The number of rotatable bonds is 15. The van der Waals surface area contributed by atoms with Crippen LogP contribution in [0.1, 0.15) is 146 Å². The Bertz CT molecular complexity index is 2560. The summed E-state index contributed by atoms with van der Waals surface area (Å²) in [5, 5.41) is 2.67. The van der Waals surface area contributed by atoms with Gasteiger partial charge in [-0.25, -0.2) is 4.79 Å². The molecule has 8 nitrogen and oxygen atoms in total. The summed E-state index contributed by atoms with van der Waals surface area (Å²) in [7, 11) is 0. The fourth-order valence-corrected chi connectivity index (χ4v) is 13.9. The lowest BCUT2D eigenvalue weighted by atomic mass is 9.64. The zero-order chi connectivity index (χ0) is 58.5. The van der Waals surface area contributed by atoms with Gasteiger partial charge in [-0.3, -0.25) is 9.80 Å². The molecule has 2 saturated carbocycles. The number of piperidine rings is 4. The topological polar surface area (TPSA) is 57.7 Å². The van der Waals surface area contributed by atoms with Crippen LogP contribution in [0.4, 0.5) is 31.1 Å². The van der Waals surface area contributed by atoms with Gasteiger partial charge in [0.25, 0.3) is 0 Å². The zero-order valence-electron chi connectivity index (χ0n) is 48.2. The van der Waals surface area contributed by atoms with E-state index < -0.39 is 29.1 Å². The summed E-state index contributed by atoms with van der Waals surface area (Å²) >= 11 is 15.6. The maximum absolute atomic E-state index is 13.1. The number of hydrogen-bond donors (Lipinski definition) is 0. The standard InChI is InChI=1S/C30H38ClF3N2O.C24H35F3N2O3.C11H12BrCl/c31-26-11-7-24(8-12-26)29(15-5-16-29)22-36-19-4-6-23(20-36)28(21-35-17-2-1-3-18-35)37-27-13-9-25(10-14-27)30(32,33)34;1-23(2,3)32-22(30)29-15-7-8-18(16-29)21(17-28-13-5-4-6-14-28)31-20-11-9-19(10-12-20)24(25,26)27;12-8-11(6-1-7-11)9-2-4-10(13)5-3-9/h7-14,23,28H,1-6,15-22H2;9-12,18,21H,4-8,13-17H2,1-3H3;2-5H,1,6-8H2. The third kappa shape index (κ3) is 18.4. The molecule has 17 heteroatoms. The Labute approximate surface area is 502 Å². The highest BCUT2D eigenvalue weighted by molar-refractivity contribution is 9.09. The van der Waals surface area contributed by atoms with Crippen LogP contribution in [0.25, 0.3) is 0 Å². The first kappa shape index (κ1) is 64.3. The van der Waals surface area contributed by atoms with E-state index in [0.717, 1.165) is 131 Å². The highest BCUT2D eigenvalue weighted by Gasteiger charge is 2.43. The van der Waals surface area contributed by atoms with Gasteiger partial charge in [-0.1, -0.05) is 89.1 Å². The summed E-state index contributed by atoms with van der Waals surface area (Å²) in [5.41, 5.74) is 1.54. The average molecular weight is 1250 g/mol. The molecule has 4 saturated heterocycles. The molecule has 1 amide bonds. The van der Waals surface area contributed by atoms with Crippen LogP contribution < -0.4 is 9.47 Å². The van der Waals surface area contributed by atoms with Crippen LogP contribution >= 0.6 is 39.1 Å². The molecule has 0 radical (unpaired) electrons. The lowest BCUT2D eigenvalue weighted by Crippen LogP contribution is -2.52. The van der Waals surface area contributed by atoms with Crippen molar-refractivity contribution in [3.05, 3.63) is 129 Å². The van der Waals surface area contributed by atoms with Gasteiger partial charge in [0.2, 0.25) is 0 Å². The molecule has 4 heterocycles. The Morgan fingerprint density at radius 3 is 1.33 bits per heavy atom. The van der Waals surface area contributed by atoms with E-state index in [1.165, 1.54) is 99.6 Å². The minimum Gasteiger partial charge on any atom is -0.489 e. The van der Waals surface area contributed by atoms with Gasteiger partial charge in [-0.15, -0.1) is 0 Å². The fourth-order valence-electron chi connectivity index (χ4n) is 12.8. The van der Waals surface area contributed by atoms with E-state index in [2.05, 4.69) is 54.9 Å². The third-order valence-corrected chi connectivity index (χ3v) is 19.3. The van der Waals surface area contributed by atoms with Crippen LogP contribution in [0, 0.1) is 11.8 Å². The van der Waals surface area contributed by atoms with Crippen LogP contribution in [-0.2, 0) is 27.9 Å². The second-order valence-electron chi connectivity index (χ2n) is 25.0. The third-order valence-electron chi connectivity index (χ3n) is 17.7. The van der Waals surface area contributed by atoms with Crippen molar-refractivity contribution >= 4 is 45.2 Å². The van der Waals surface area contributed by atoms with Gasteiger partial charge in [0.1, 0.15) is 29.3 Å². The summed E-state index contributed by atoms with van der Waals surface area (Å²) in [5.74, 6) is 1.39. The molecule has 2 aliphatic carbocycles. The summed E-state index contributed by atoms with van der Waals surface area (Å²) in [6, 6.07) is 26.8. The summed E-state index contributed by atoms with van der Waals surface area (Å²) in [6.45, 7) is 15.5. The number of halogens is 9. The van der Waals surface area contributed by atoms with E-state index in [0.29, 0.717) is 42.5 Å². The highest BCUT2D eigenvalue weighted by atomic mass is 79.9. The second-order valence-corrected chi connectivity index (χ2v) is 26.4. The number of carbonyl (C=O) groups excluding carboxylic acids is 1. The number of amides is 1.